The quantitative estimate of drug-likeness (QED) is 0.436. The highest BCUT2D eigenvalue weighted by Crippen LogP contribution is 2.18. The van der Waals surface area contributed by atoms with Crippen LogP contribution in [0.4, 0.5) is 0 Å². The average Bonchev–Trinajstić information content (AvgIpc) is 2.24. The van der Waals surface area contributed by atoms with Crippen molar-refractivity contribution in [1.29, 1.82) is 0 Å². The molecule has 0 aromatic heterocycles. The molecule has 1 aliphatic heterocycles. The molecule has 0 bridgehead atoms. The second-order valence-electron chi connectivity index (χ2n) is 4.52. The van der Waals surface area contributed by atoms with Crippen molar-refractivity contribution in [1.82, 2.24) is 5.32 Å². The summed E-state index contributed by atoms with van der Waals surface area (Å²) in [5, 5.41) is 2.55. The highest BCUT2D eigenvalue weighted by molar-refractivity contribution is 7.92. The minimum Gasteiger partial charge on any atom is -0.370 e. The lowest BCUT2D eigenvalue weighted by Crippen LogP contribution is -2.42. The van der Waals surface area contributed by atoms with E-state index < -0.39 is 9.84 Å². The van der Waals surface area contributed by atoms with Crippen molar-refractivity contribution >= 4 is 15.8 Å². The topological polar surface area (TPSA) is 84.5 Å². The number of rotatable bonds is 4. The van der Waals surface area contributed by atoms with Gasteiger partial charge in [-0.2, -0.15) is 0 Å². The lowest BCUT2D eigenvalue weighted by Gasteiger charge is -2.22. The molecule has 98 valence electrons. The number of sulfone groups is 1. The molecule has 1 fully saturated rings. The van der Waals surface area contributed by atoms with Gasteiger partial charge in [0.25, 0.3) is 0 Å². The van der Waals surface area contributed by atoms with Gasteiger partial charge in [0.1, 0.15) is 0 Å². The zero-order valence-corrected chi connectivity index (χ0v) is 11.1. The van der Waals surface area contributed by atoms with Crippen LogP contribution in [0.3, 0.4) is 0 Å². The summed E-state index contributed by atoms with van der Waals surface area (Å²) in [5.74, 6) is 0.580. The van der Waals surface area contributed by atoms with Crippen molar-refractivity contribution in [2.75, 3.05) is 18.8 Å². The molecule has 0 spiro atoms. The molecule has 5 nitrogen and oxygen atoms in total. The zero-order valence-electron chi connectivity index (χ0n) is 10.3. The van der Waals surface area contributed by atoms with Crippen molar-refractivity contribution in [3.8, 4) is 0 Å². The van der Waals surface area contributed by atoms with E-state index in [0.29, 0.717) is 25.3 Å². The summed E-state index contributed by atoms with van der Waals surface area (Å²) in [4.78, 5) is 4.04. The summed E-state index contributed by atoms with van der Waals surface area (Å²) in [6.45, 7) is 6.40. The van der Waals surface area contributed by atoms with Gasteiger partial charge in [-0.05, 0) is 19.8 Å². The largest absolute Gasteiger partial charge is 0.370 e. The highest BCUT2D eigenvalue weighted by Gasteiger charge is 2.28. The molecule has 1 atom stereocenters. The Morgan fingerprint density at radius 1 is 1.53 bits per heavy atom. The normalized spacial score (nSPS) is 24.3. The molecule has 6 heteroatoms. The standard InChI is InChI=1S/C11H21N3O2S/c1-9(2)7-13-11(12)14-8-10-5-3-4-6-17(10,15)16/h10H,1,3-8H2,2H3,(H3,12,13,14). The molecule has 0 radical (unpaired) electrons. The van der Waals surface area contributed by atoms with Crippen molar-refractivity contribution in [3.05, 3.63) is 12.2 Å². The molecule has 1 heterocycles. The number of guanidine groups is 1. The SMILES string of the molecule is C=C(C)CN=C(N)NCC1CCCCS1(=O)=O. The van der Waals surface area contributed by atoms with Crippen LogP contribution in [0.2, 0.25) is 0 Å². The minimum absolute atomic E-state index is 0.286. The third-order valence-electron chi connectivity index (χ3n) is 2.74. The van der Waals surface area contributed by atoms with E-state index in [9.17, 15) is 8.42 Å². The predicted molar refractivity (Wildman–Crippen MR) is 70.7 cm³/mol. The molecule has 1 aliphatic rings. The highest BCUT2D eigenvalue weighted by atomic mass is 32.2. The van der Waals surface area contributed by atoms with E-state index in [4.69, 9.17) is 5.73 Å². The maximum absolute atomic E-state index is 11.7. The lowest BCUT2D eigenvalue weighted by atomic mass is 10.2. The third-order valence-corrected chi connectivity index (χ3v) is 5.02. The van der Waals surface area contributed by atoms with Crippen molar-refractivity contribution < 1.29 is 8.42 Å². The molecule has 3 N–H and O–H groups in total. The van der Waals surface area contributed by atoms with E-state index >= 15 is 0 Å². The Morgan fingerprint density at radius 2 is 2.24 bits per heavy atom. The van der Waals surface area contributed by atoms with Crippen LogP contribution in [0.1, 0.15) is 26.2 Å². The predicted octanol–water partition coefficient (Wildman–Crippen LogP) is 0.434. The summed E-state index contributed by atoms with van der Waals surface area (Å²) in [6, 6.07) is 0. The number of aliphatic imine (C=N–C) groups is 1. The Morgan fingerprint density at radius 3 is 2.82 bits per heavy atom. The van der Waals surface area contributed by atoms with Crippen LogP contribution in [0.5, 0.6) is 0 Å². The fraction of sp³-hybridized carbons (Fsp3) is 0.727. The Balaban J connectivity index is 2.44. The van der Waals surface area contributed by atoms with Crippen LogP contribution in [0.15, 0.2) is 17.1 Å². The van der Waals surface area contributed by atoms with Crippen LogP contribution >= 0.6 is 0 Å². The molecule has 17 heavy (non-hydrogen) atoms. The van der Waals surface area contributed by atoms with Crippen molar-refractivity contribution in [2.45, 2.75) is 31.4 Å². The summed E-state index contributed by atoms with van der Waals surface area (Å²) < 4.78 is 23.5. The van der Waals surface area contributed by atoms with E-state index in [1.807, 2.05) is 6.92 Å². The number of hydrogen-bond donors (Lipinski definition) is 2. The molecule has 1 unspecified atom stereocenters. The van der Waals surface area contributed by atoms with Gasteiger partial charge < -0.3 is 11.1 Å². The average molecular weight is 259 g/mol. The fourth-order valence-electron chi connectivity index (χ4n) is 1.74. The van der Waals surface area contributed by atoms with Gasteiger partial charge in [0, 0.05) is 6.54 Å². The molecule has 0 aromatic rings. The van der Waals surface area contributed by atoms with Gasteiger partial charge in [0.2, 0.25) is 0 Å². The Hall–Kier alpha value is -1.04. The maximum atomic E-state index is 11.7. The van der Waals surface area contributed by atoms with Gasteiger partial charge in [-0.15, -0.1) is 0 Å². The van der Waals surface area contributed by atoms with Crippen LogP contribution < -0.4 is 11.1 Å². The van der Waals surface area contributed by atoms with Crippen LogP contribution in [-0.4, -0.2) is 38.5 Å². The Labute approximate surface area is 103 Å². The third kappa shape index (κ3) is 4.77. The Kier molecular flexibility index (Phi) is 4.99. The molecule has 1 saturated heterocycles. The van der Waals surface area contributed by atoms with E-state index in [1.165, 1.54) is 0 Å². The fourth-order valence-corrected chi connectivity index (χ4v) is 3.55. The molecule has 1 rings (SSSR count). The van der Waals surface area contributed by atoms with Gasteiger partial charge in [0.05, 0.1) is 17.5 Å². The smallest absolute Gasteiger partial charge is 0.188 e. The molecule has 0 amide bonds. The van der Waals surface area contributed by atoms with E-state index in [0.717, 1.165) is 18.4 Å². The Bertz CT molecular complexity index is 401. The van der Waals surface area contributed by atoms with Gasteiger partial charge >= 0.3 is 0 Å². The van der Waals surface area contributed by atoms with E-state index in [1.54, 1.807) is 0 Å². The summed E-state index contributed by atoms with van der Waals surface area (Å²) in [5.41, 5.74) is 6.55. The molecule has 0 saturated carbocycles. The zero-order chi connectivity index (χ0) is 12.9. The first kappa shape index (κ1) is 14.0. The van der Waals surface area contributed by atoms with Gasteiger partial charge in [0.15, 0.2) is 15.8 Å². The molecular formula is C11H21N3O2S. The number of nitrogens with two attached hydrogens (primary N) is 1. The number of hydrogen-bond acceptors (Lipinski definition) is 3. The summed E-state index contributed by atoms with van der Waals surface area (Å²) in [6.07, 6.45) is 2.45. The maximum Gasteiger partial charge on any atom is 0.188 e. The lowest BCUT2D eigenvalue weighted by molar-refractivity contribution is 0.535. The van der Waals surface area contributed by atoms with Gasteiger partial charge in [-0.3, -0.25) is 0 Å². The van der Waals surface area contributed by atoms with Gasteiger partial charge in [-0.1, -0.05) is 18.6 Å². The number of nitrogens with one attached hydrogen (secondary N) is 1. The van der Waals surface area contributed by atoms with Gasteiger partial charge in [-0.25, -0.2) is 13.4 Å². The summed E-state index contributed by atoms with van der Waals surface area (Å²) in [7, 11) is -2.94. The van der Waals surface area contributed by atoms with Crippen molar-refractivity contribution in [3.63, 3.8) is 0 Å². The summed E-state index contributed by atoms with van der Waals surface area (Å²) >= 11 is 0. The second kappa shape index (κ2) is 6.05. The minimum atomic E-state index is -2.94. The molecule has 0 aromatic carbocycles. The number of nitrogens with zero attached hydrogens (tertiary/aromatic N) is 1. The van der Waals surface area contributed by atoms with Crippen LogP contribution in [-0.2, 0) is 9.84 Å². The monoisotopic (exact) mass is 259 g/mol. The second-order valence-corrected chi connectivity index (χ2v) is 6.92. The first-order valence-electron chi connectivity index (χ1n) is 5.81. The molecule has 0 aliphatic carbocycles. The van der Waals surface area contributed by atoms with E-state index in [2.05, 4.69) is 16.9 Å². The first-order chi connectivity index (χ1) is 7.92. The van der Waals surface area contributed by atoms with Crippen molar-refractivity contribution in [2.24, 2.45) is 10.7 Å². The first-order valence-corrected chi connectivity index (χ1v) is 7.53. The molecular weight excluding hydrogens is 238 g/mol. The van der Waals surface area contributed by atoms with Crippen LogP contribution in [0, 0.1) is 0 Å². The van der Waals surface area contributed by atoms with E-state index in [-0.39, 0.29) is 11.2 Å². The van der Waals surface area contributed by atoms with Crippen LogP contribution in [0.25, 0.3) is 0 Å².